The van der Waals surface area contributed by atoms with Crippen molar-refractivity contribution >= 4 is 35.2 Å². The summed E-state index contributed by atoms with van der Waals surface area (Å²) in [6.45, 7) is 3.61. The topological polar surface area (TPSA) is 75.7 Å². The standard InChI is InChI=1S/C22H32N2O4S/c1-4-17-10-12-18(13-11-17)23-22(27)16(2)28-21(26)15-29-14-20(25)24(3)19-8-6-5-7-9-19/h10-13,16,19H,4-9,14-15H2,1-3H3,(H,23,27)/t16-/m0/s1. The lowest BCUT2D eigenvalue weighted by Crippen LogP contribution is -2.39. The Balaban J connectivity index is 1.67. The Morgan fingerprint density at radius 1 is 1.14 bits per heavy atom. The van der Waals surface area contributed by atoms with Crippen LogP contribution in [0.2, 0.25) is 0 Å². The summed E-state index contributed by atoms with van der Waals surface area (Å²) in [7, 11) is 1.84. The molecule has 7 heteroatoms. The Kier molecular flexibility index (Phi) is 9.51. The first-order valence-corrected chi connectivity index (χ1v) is 11.5. The molecular weight excluding hydrogens is 388 g/mol. The van der Waals surface area contributed by atoms with Crippen molar-refractivity contribution in [1.82, 2.24) is 4.90 Å². The molecule has 1 fully saturated rings. The number of hydrogen-bond acceptors (Lipinski definition) is 5. The van der Waals surface area contributed by atoms with Gasteiger partial charge in [-0.1, -0.05) is 38.3 Å². The number of ether oxygens (including phenoxy) is 1. The maximum Gasteiger partial charge on any atom is 0.316 e. The van der Waals surface area contributed by atoms with Gasteiger partial charge in [0.1, 0.15) is 0 Å². The maximum absolute atomic E-state index is 12.3. The zero-order valence-electron chi connectivity index (χ0n) is 17.6. The Morgan fingerprint density at radius 3 is 2.41 bits per heavy atom. The predicted octanol–water partition coefficient (Wildman–Crippen LogP) is 3.64. The van der Waals surface area contributed by atoms with E-state index in [9.17, 15) is 14.4 Å². The number of amides is 2. The van der Waals surface area contributed by atoms with Gasteiger partial charge >= 0.3 is 5.97 Å². The van der Waals surface area contributed by atoms with Crippen LogP contribution in [0.3, 0.4) is 0 Å². The first kappa shape index (κ1) is 23.3. The van der Waals surface area contributed by atoms with Gasteiger partial charge in [0.2, 0.25) is 5.91 Å². The normalized spacial score (nSPS) is 15.4. The highest BCUT2D eigenvalue weighted by molar-refractivity contribution is 8.00. The molecule has 0 bridgehead atoms. The smallest absolute Gasteiger partial charge is 0.316 e. The number of carbonyl (C=O) groups is 3. The van der Waals surface area contributed by atoms with Crippen LogP contribution in [0.1, 0.15) is 51.5 Å². The van der Waals surface area contributed by atoms with Gasteiger partial charge in [-0.2, -0.15) is 0 Å². The average Bonchev–Trinajstić information content (AvgIpc) is 2.74. The summed E-state index contributed by atoms with van der Waals surface area (Å²) in [5, 5.41) is 2.74. The summed E-state index contributed by atoms with van der Waals surface area (Å²) in [6, 6.07) is 7.87. The highest BCUT2D eigenvalue weighted by Crippen LogP contribution is 2.22. The van der Waals surface area contributed by atoms with Crippen molar-refractivity contribution < 1.29 is 19.1 Å². The highest BCUT2D eigenvalue weighted by atomic mass is 32.2. The predicted molar refractivity (Wildman–Crippen MR) is 117 cm³/mol. The number of rotatable bonds is 9. The molecule has 2 rings (SSSR count). The first-order valence-electron chi connectivity index (χ1n) is 10.3. The number of aryl methyl sites for hydroxylation is 1. The maximum atomic E-state index is 12.3. The Hall–Kier alpha value is -2.02. The van der Waals surface area contributed by atoms with E-state index in [-0.39, 0.29) is 23.3 Å². The number of anilines is 1. The van der Waals surface area contributed by atoms with Crippen molar-refractivity contribution in [3.63, 3.8) is 0 Å². The van der Waals surface area contributed by atoms with E-state index in [1.807, 2.05) is 36.2 Å². The molecule has 1 aliphatic carbocycles. The lowest BCUT2D eigenvalue weighted by atomic mass is 9.94. The summed E-state index contributed by atoms with van der Waals surface area (Å²) in [5.74, 6) is -0.539. The molecule has 6 nitrogen and oxygen atoms in total. The third kappa shape index (κ3) is 7.72. The van der Waals surface area contributed by atoms with Gasteiger partial charge in [0, 0.05) is 18.8 Å². The van der Waals surface area contributed by atoms with Crippen LogP contribution in [0.15, 0.2) is 24.3 Å². The summed E-state index contributed by atoms with van der Waals surface area (Å²) < 4.78 is 5.19. The quantitative estimate of drug-likeness (QED) is 0.617. The van der Waals surface area contributed by atoms with Crippen molar-refractivity contribution in [3.8, 4) is 0 Å². The van der Waals surface area contributed by atoms with Gasteiger partial charge in [0.25, 0.3) is 5.91 Å². The van der Waals surface area contributed by atoms with Gasteiger partial charge in [-0.3, -0.25) is 14.4 Å². The van der Waals surface area contributed by atoms with Crippen LogP contribution >= 0.6 is 11.8 Å². The number of esters is 1. The Labute approximate surface area is 177 Å². The molecule has 1 aliphatic rings. The van der Waals surface area contributed by atoms with Gasteiger partial charge in [-0.25, -0.2) is 0 Å². The molecule has 0 heterocycles. The lowest BCUT2D eigenvalue weighted by Gasteiger charge is -2.31. The molecular formula is C22H32N2O4S. The van der Waals surface area contributed by atoms with E-state index in [1.54, 1.807) is 6.92 Å². The van der Waals surface area contributed by atoms with Gasteiger partial charge in [0.15, 0.2) is 6.10 Å². The minimum absolute atomic E-state index is 0.0380. The van der Waals surface area contributed by atoms with Crippen LogP contribution in [0.25, 0.3) is 0 Å². The fraction of sp³-hybridized carbons (Fsp3) is 0.591. The molecule has 0 aliphatic heterocycles. The fourth-order valence-corrected chi connectivity index (χ4v) is 4.06. The molecule has 0 unspecified atom stereocenters. The minimum atomic E-state index is -0.894. The molecule has 0 spiro atoms. The number of carbonyl (C=O) groups excluding carboxylic acids is 3. The number of benzene rings is 1. The van der Waals surface area contributed by atoms with Crippen molar-refractivity contribution in [2.45, 2.75) is 64.5 Å². The largest absolute Gasteiger partial charge is 0.452 e. The van der Waals surface area contributed by atoms with Gasteiger partial charge in [0.05, 0.1) is 11.5 Å². The Morgan fingerprint density at radius 2 is 1.79 bits per heavy atom. The van der Waals surface area contributed by atoms with Crippen molar-refractivity contribution in [2.75, 3.05) is 23.9 Å². The van der Waals surface area contributed by atoms with E-state index in [4.69, 9.17) is 4.74 Å². The fourth-order valence-electron chi connectivity index (χ4n) is 3.35. The van der Waals surface area contributed by atoms with E-state index in [0.717, 1.165) is 19.3 Å². The van der Waals surface area contributed by atoms with Crippen LogP contribution in [-0.2, 0) is 25.5 Å². The third-order valence-corrected chi connectivity index (χ3v) is 6.16. The van der Waals surface area contributed by atoms with Crippen molar-refractivity contribution in [3.05, 3.63) is 29.8 Å². The zero-order chi connectivity index (χ0) is 21.2. The summed E-state index contributed by atoms with van der Waals surface area (Å²) in [5.41, 5.74) is 1.85. The van der Waals surface area contributed by atoms with Crippen molar-refractivity contribution in [1.29, 1.82) is 0 Å². The number of nitrogens with zero attached hydrogens (tertiary/aromatic N) is 1. The lowest BCUT2D eigenvalue weighted by molar-refractivity contribution is -0.150. The van der Waals surface area contributed by atoms with E-state index in [0.29, 0.717) is 11.7 Å². The highest BCUT2D eigenvalue weighted by Gasteiger charge is 2.23. The Bertz CT molecular complexity index is 687. The van der Waals surface area contributed by atoms with E-state index >= 15 is 0 Å². The van der Waals surface area contributed by atoms with Crippen LogP contribution < -0.4 is 5.32 Å². The molecule has 0 saturated heterocycles. The van der Waals surface area contributed by atoms with Crippen LogP contribution in [-0.4, -0.2) is 53.4 Å². The second kappa shape index (κ2) is 11.9. The summed E-state index contributed by atoms with van der Waals surface area (Å²) >= 11 is 1.23. The number of thioether (sulfide) groups is 1. The van der Waals surface area contributed by atoms with Crippen molar-refractivity contribution in [2.24, 2.45) is 0 Å². The minimum Gasteiger partial charge on any atom is -0.452 e. The van der Waals surface area contributed by atoms with E-state index in [2.05, 4.69) is 12.2 Å². The molecule has 160 valence electrons. The molecule has 1 N–H and O–H groups in total. The van der Waals surface area contributed by atoms with Gasteiger partial charge < -0.3 is 15.0 Å². The first-order chi connectivity index (χ1) is 13.9. The average molecular weight is 421 g/mol. The second-order valence-corrected chi connectivity index (χ2v) is 8.45. The second-order valence-electron chi connectivity index (χ2n) is 7.46. The molecule has 2 amide bonds. The van der Waals surface area contributed by atoms with Crippen LogP contribution in [0.4, 0.5) is 5.69 Å². The third-order valence-electron chi connectivity index (χ3n) is 5.27. The number of hydrogen-bond donors (Lipinski definition) is 1. The summed E-state index contributed by atoms with van der Waals surface area (Å²) in [6.07, 6.45) is 5.74. The van der Waals surface area contributed by atoms with E-state index in [1.165, 1.54) is 36.6 Å². The van der Waals surface area contributed by atoms with Crippen LogP contribution in [0.5, 0.6) is 0 Å². The molecule has 0 radical (unpaired) electrons. The molecule has 1 aromatic rings. The molecule has 1 saturated carbocycles. The molecule has 29 heavy (non-hydrogen) atoms. The van der Waals surface area contributed by atoms with Gasteiger partial charge in [-0.05, 0) is 43.9 Å². The molecule has 1 atom stereocenters. The molecule has 0 aromatic heterocycles. The monoisotopic (exact) mass is 420 g/mol. The van der Waals surface area contributed by atoms with E-state index < -0.39 is 12.1 Å². The van der Waals surface area contributed by atoms with Gasteiger partial charge in [-0.15, -0.1) is 11.8 Å². The number of nitrogens with one attached hydrogen (secondary N) is 1. The molecule has 1 aromatic carbocycles. The van der Waals surface area contributed by atoms with Crippen LogP contribution in [0, 0.1) is 0 Å². The summed E-state index contributed by atoms with van der Waals surface area (Å²) in [4.78, 5) is 38.3. The SMILES string of the molecule is CCc1ccc(NC(=O)[C@H](C)OC(=O)CSCC(=O)N(C)C2CCCCC2)cc1. The zero-order valence-corrected chi connectivity index (χ0v) is 18.4.